The van der Waals surface area contributed by atoms with Gasteiger partial charge >= 0.3 is 0 Å². The van der Waals surface area contributed by atoms with Crippen LogP contribution in [0.4, 0.5) is 0 Å². The summed E-state index contributed by atoms with van der Waals surface area (Å²) in [5, 5.41) is 8.76. The number of rotatable bonds is 5. The van der Waals surface area contributed by atoms with Crippen LogP contribution in [-0.2, 0) is 11.2 Å². The average molecular weight is 448 g/mol. The molecule has 4 rings (SSSR count). The highest BCUT2D eigenvalue weighted by Crippen LogP contribution is 2.52. The highest BCUT2D eigenvalue weighted by molar-refractivity contribution is 6.31. The van der Waals surface area contributed by atoms with Crippen molar-refractivity contribution in [2.24, 2.45) is 5.41 Å². The monoisotopic (exact) mass is 446 g/mol. The molecule has 2 aromatic rings. The van der Waals surface area contributed by atoms with Gasteiger partial charge in [0.15, 0.2) is 0 Å². The van der Waals surface area contributed by atoms with Crippen LogP contribution in [0, 0.1) is 5.41 Å². The Labute approximate surface area is 183 Å². The van der Waals surface area contributed by atoms with E-state index in [4.69, 9.17) is 11.6 Å². The SMILES string of the molecule is CN(C)CCNC(=O)C1(C2NCCc3c2[nH]c2ccc(Cl)cc32)CCC1.Cl.Cl. The third kappa shape index (κ3) is 4.01. The van der Waals surface area contributed by atoms with Crippen LogP contribution in [0.25, 0.3) is 10.9 Å². The molecule has 1 aliphatic heterocycles. The molecular weight excluding hydrogens is 419 g/mol. The molecule has 2 heterocycles. The van der Waals surface area contributed by atoms with Crippen LogP contribution in [0.2, 0.25) is 5.02 Å². The normalized spacial score (nSPS) is 19.9. The molecule has 8 heteroatoms. The maximum Gasteiger partial charge on any atom is 0.228 e. The molecule has 2 aliphatic rings. The lowest BCUT2D eigenvalue weighted by Crippen LogP contribution is -2.55. The second-order valence-corrected chi connectivity index (χ2v) is 8.35. The predicted molar refractivity (Wildman–Crippen MR) is 120 cm³/mol. The zero-order valence-corrected chi connectivity index (χ0v) is 18.7. The van der Waals surface area contributed by atoms with Gasteiger partial charge in [0.05, 0.1) is 11.5 Å². The number of H-pyrrole nitrogens is 1. The minimum atomic E-state index is -0.341. The lowest BCUT2D eigenvalue weighted by molar-refractivity contribution is -0.139. The Kier molecular flexibility index (Phi) is 7.68. The van der Waals surface area contributed by atoms with E-state index in [2.05, 4.69) is 20.5 Å². The first-order valence-corrected chi connectivity index (χ1v) is 9.85. The number of amides is 1. The fraction of sp³-hybridized carbons (Fsp3) is 0.550. The van der Waals surface area contributed by atoms with Crippen molar-refractivity contribution >= 4 is 53.2 Å². The Balaban J connectivity index is 0.00000140. The summed E-state index contributed by atoms with van der Waals surface area (Å²) in [4.78, 5) is 18.8. The average Bonchev–Trinajstić information content (AvgIpc) is 2.92. The first kappa shape index (κ1) is 23.3. The number of nitrogens with one attached hydrogen (secondary N) is 3. The third-order valence-corrected chi connectivity index (χ3v) is 6.24. The molecule has 1 aromatic heterocycles. The number of aromatic nitrogens is 1. The van der Waals surface area contributed by atoms with Crippen LogP contribution < -0.4 is 10.6 Å². The molecule has 0 radical (unpaired) electrons. The molecule has 0 saturated heterocycles. The van der Waals surface area contributed by atoms with Crippen molar-refractivity contribution in [1.29, 1.82) is 0 Å². The summed E-state index contributed by atoms with van der Waals surface area (Å²) in [7, 11) is 4.05. The smallest absolute Gasteiger partial charge is 0.228 e. The molecule has 1 unspecified atom stereocenters. The van der Waals surface area contributed by atoms with Crippen molar-refractivity contribution in [2.75, 3.05) is 33.7 Å². The van der Waals surface area contributed by atoms with E-state index in [0.717, 1.165) is 49.3 Å². The molecule has 0 spiro atoms. The minimum absolute atomic E-state index is 0. The highest BCUT2D eigenvalue weighted by atomic mass is 35.5. The third-order valence-electron chi connectivity index (χ3n) is 6.01. The second kappa shape index (κ2) is 9.23. The maximum atomic E-state index is 13.1. The van der Waals surface area contributed by atoms with Crippen LogP contribution in [0.1, 0.15) is 36.6 Å². The topological polar surface area (TPSA) is 60.2 Å². The lowest BCUT2D eigenvalue weighted by atomic mass is 9.61. The molecule has 5 nitrogen and oxygen atoms in total. The molecule has 3 N–H and O–H groups in total. The van der Waals surface area contributed by atoms with Gasteiger partial charge in [-0.25, -0.2) is 0 Å². The number of aromatic amines is 1. The number of hydrogen-bond acceptors (Lipinski definition) is 3. The van der Waals surface area contributed by atoms with E-state index in [9.17, 15) is 4.79 Å². The number of benzene rings is 1. The number of likely N-dealkylation sites (N-methyl/N-ethyl adjacent to an activating group) is 1. The second-order valence-electron chi connectivity index (χ2n) is 7.91. The molecule has 1 atom stereocenters. The Morgan fingerprint density at radius 3 is 2.71 bits per heavy atom. The molecular formula is C20H29Cl3N4O. The van der Waals surface area contributed by atoms with Gasteiger partial charge in [-0.1, -0.05) is 18.0 Å². The van der Waals surface area contributed by atoms with Crippen molar-refractivity contribution in [3.63, 3.8) is 0 Å². The van der Waals surface area contributed by atoms with Crippen molar-refractivity contribution < 1.29 is 4.79 Å². The zero-order chi connectivity index (χ0) is 18.3. The fourth-order valence-corrected chi connectivity index (χ4v) is 4.62. The van der Waals surface area contributed by atoms with E-state index < -0.39 is 0 Å². The maximum absolute atomic E-state index is 13.1. The number of fused-ring (bicyclic) bond motifs is 3. The summed E-state index contributed by atoms with van der Waals surface area (Å²) in [5.74, 6) is 0.188. The van der Waals surface area contributed by atoms with Crippen LogP contribution in [-0.4, -0.2) is 49.5 Å². The van der Waals surface area contributed by atoms with Gasteiger partial charge in [-0.3, -0.25) is 4.79 Å². The number of carbonyl (C=O) groups is 1. The van der Waals surface area contributed by atoms with Gasteiger partial charge in [-0.15, -0.1) is 24.8 Å². The van der Waals surface area contributed by atoms with Crippen LogP contribution in [0.3, 0.4) is 0 Å². The number of carbonyl (C=O) groups excluding carboxylic acids is 1. The van der Waals surface area contributed by atoms with Gasteiger partial charge in [0.25, 0.3) is 0 Å². The van der Waals surface area contributed by atoms with E-state index in [1.54, 1.807) is 0 Å². The van der Waals surface area contributed by atoms with Gasteiger partial charge in [0, 0.05) is 34.7 Å². The van der Waals surface area contributed by atoms with Crippen molar-refractivity contribution in [3.8, 4) is 0 Å². The Bertz CT molecular complexity index is 832. The van der Waals surface area contributed by atoms with E-state index >= 15 is 0 Å². The molecule has 1 aromatic carbocycles. The predicted octanol–water partition coefficient (Wildman–Crippen LogP) is 3.70. The Morgan fingerprint density at radius 1 is 1.32 bits per heavy atom. The van der Waals surface area contributed by atoms with Crippen molar-refractivity contribution in [3.05, 3.63) is 34.5 Å². The molecule has 1 amide bonds. The summed E-state index contributed by atoms with van der Waals surface area (Å²) >= 11 is 6.22. The van der Waals surface area contributed by atoms with Crippen molar-refractivity contribution in [1.82, 2.24) is 20.5 Å². The van der Waals surface area contributed by atoms with E-state index in [1.165, 1.54) is 16.6 Å². The number of nitrogens with zero attached hydrogens (tertiary/aromatic N) is 1. The van der Waals surface area contributed by atoms with Gasteiger partial charge in [-0.05, 0) is 63.7 Å². The highest BCUT2D eigenvalue weighted by Gasteiger charge is 2.52. The van der Waals surface area contributed by atoms with Gasteiger partial charge < -0.3 is 20.5 Å². The first-order chi connectivity index (χ1) is 12.5. The zero-order valence-electron chi connectivity index (χ0n) is 16.3. The van der Waals surface area contributed by atoms with Gasteiger partial charge in [0.1, 0.15) is 0 Å². The summed E-state index contributed by atoms with van der Waals surface area (Å²) in [6.07, 6.45) is 3.95. The summed E-state index contributed by atoms with van der Waals surface area (Å²) < 4.78 is 0. The lowest BCUT2D eigenvalue weighted by Gasteiger charge is -2.47. The summed E-state index contributed by atoms with van der Waals surface area (Å²) in [6.45, 7) is 2.44. The van der Waals surface area contributed by atoms with E-state index in [-0.39, 0.29) is 42.2 Å². The minimum Gasteiger partial charge on any atom is -0.357 e. The summed E-state index contributed by atoms with van der Waals surface area (Å²) in [5.41, 5.74) is 3.26. The van der Waals surface area contributed by atoms with Gasteiger partial charge in [-0.2, -0.15) is 0 Å². The Morgan fingerprint density at radius 2 is 2.07 bits per heavy atom. The molecule has 1 fully saturated rings. The van der Waals surface area contributed by atoms with E-state index in [1.807, 2.05) is 32.3 Å². The quantitative estimate of drug-likeness (QED) is 0.655. The van der Waals surface area contributed by atoms with Crippen LogP contribution >= 0.6 is 36.4 Å². The molecule has 1 aliphatic carbocycles. The molecule has 0 bridgehead atoms. The summed E-state index contributed by atoms with van der Waals surface area (Å²) in [6, 6.07) is 6.05. The van der Waals surface area contributed by atoms with Gasteiger partial charge in [0.2, 0.25) is 5.91 Å². The van der Waals surface area contributed by atoms with Crippen LogP contribution in [0.15, 0.2) is 18.2 Å². The Hall–Kier alpha value is -0.980. The number of hydrogen-bond donors (Lipinski definition) is 3. The van der Waals surface area contributed by atoms with E-state index in [0.29, 0.717) is 6.54 Å². The van der Waals surface area contributed by atoms with Crippen molar-refractivity contribution in [2.45, 2.75) is 31.7 Å². The fourth-order valence-electron chi connectivity index (χ4n) is 4.45. The first-order valence-electron chi connectivity index (χ1n) is 9.48. The standard InChI is InChI=1S/C20H27ClN4O.2ClH/c1-25(2)11-10-23-19(26)20(7-3-8-20)18-17-14(6-9-22-18)15-12-13(21)4-5-16(15)24-17;;/h4-5,12,18,22,24H,3,6-11H2,1-2H3,(H,23,26);2*1H. The largest absolute Gasteiger partial charge is 0.357 e. The van der Waals surface area contributed by atoms with Crippen LogP contribution in [0.5, 0.6) is 0 Å². The molecule has 156 valence electrons. The molecule has 1 saturated carbocycles. The number of halogens is 3. The molecule has 28 heavy (non-hydrogen) atoms.